The van der Waals surface area contributed by atoms with Crippen LogP contribution in [0.25, 0.3) is 0 Å². The second-order valence-corrected chi connectivity index (χ2v) is 15.1. The first-order valence-corrected chi connectivity index (χ1v) is 18.4. The quantitative estimate of drug-likeness (QED) is 0.135. The number of nitrogens with two attached hydrogens (primary N) is 1. The highest BCUT2D eigenvalue weighted by Gasteiger charge is 2.71. The van der Waals surface area contributed by atoms with E-state index in [0.29, 0.717) is 32.8 Å². The van der Waals surface area contributed by atoms with Crippen LogP contribution in [0.5, 0.6) is 11.5 Å². The number of hydrogen-bond donors (Lipinski definition) is 3. The summed E-state index contributed by atoms with van der Waals surface area (Å²) in [6, 6.07) is 19.2. The Hall–Kier alpha value is -5.93. The van der Waals surface area contributed by atoms with Crippen LogP contribution < -0.4 is 15.9 Å². The average molecular weight is 821 g/mol. The van der Waals surface area contributed by atoms with Crippen molar-refractivity contribution in [3.63, 3.8) is 0 Å². The molecule has 17 heteroatoms. The van der Waals surface area contributed by atoms with E-state index in [1.54, 1.807) is 30.3 Å². The van der Waals surface area contributed by atoms with Crippen LogP contribution in [0.1, 0.15) is 41.0 Å². The highest BCUT2D eigenvalue weighted by atomic mass is 35.5. The fourth-order valence-corrected chi connectivity index (χ4v) is 9.28. The van der Waals surface area contributed by atoms with E-state index in [1.807, 2.05) is 30.3 Å². The minimum Gasteiger partial charge on any atom is -0.508 e. The molecule has 3 heterocycles. The van der Waals surface area contributed by atoms with Gasteiger partial charge in [-0.2, -0.15) is 23.1 Å². The Bertz CT molecular complexity index is 2400. The third-order valence-corrected chi connectivity index (χ3v) is 11.9. The lowest BCUT2D eigenvalue weighted by Gasteiger charge is -2.50. The minimum atomic E-state index is -4.79. The van der Waals surface area contributed by atoms with Crippen molar-refractivity contribution in [3.8, 4) is 11.5 Å². The summed E-state index contributed by atoms with van der Waals surface area (Å²) in [6.45, 7) is 0.163. The average Bonchev–Trinajstić information content (AvgIpc) is 3.56. The fraction of sp³-hybridized carbons (Fsp3) is 0.250. The Morgan fingerprint density at radius 3 is 2.33 bits per heavy atom. The lowest BCUT2D eigenvalue weighted by atomic mass is 9.49. The maximum Gasteiger partial charge on any atom is 0.417 e. The number of fused-ring (bicyclic) bond motifs is 4. The van der Waals surface area contributed by atoms with Gasteiger partial charge in [0.05, 0.1) is 33.8 Å². The molecule has 292 valence electrons. The van der Waals surface area contributed by atoms with Gasteiger partial charge in [-0.1, -0.05) is 83.4 Å². The van der Waals surface area contributed by atoms with E-state index >= 15 is 4.79 Å². The van der Waals surface area contributed by atoms with E-state index in [-0.39, 0.29) is 42.1 Å². The number of rotatable bonds is 7. The molecule has 4 N–H and O–H groups in total. The minimum absolute atomic E-state index is 0.0308. The maximum atomic E-state index is 15.3. The number of amides is 6. The molecule has 0 unspecified atom stereocenters. The summed E-state index contributed by atoms with van der Waals surface area (Å²) in [6.07, 6.45) is -2.83. The summed E-state index contributed by atoms with van der Waals surface area (Å²) in [5.41, 5.74) is 6.69. The number of likely N-dealkylation sites (tertiary alicyclic amines) is 1. The van der Waals surface area contributed by atoms with Gasteiger partial charge in [0.2, 0.25) is 11.8 Å². The van der Waals surface area contributed by atoms with Crippen LogP contribution in [0.2, 0.25) is 10.0 Å². The number of imide groups is 4. The number of ether oxygens (including phenoxy) is 1. The Balaban J connectivity index is 1.30. The number of aromatic hydroxyl groups is 1. The first-order valence-electron chi connectivity index (χ1n) is 17.6. The zero-order chi connectivity index (χ0) is 40.6. The van der Waals surface area contributed by atoms with E-state index in [2.05, 4.69) is 10.4 Å². The number of nitrogens with zero attached hydrogens (tertiary/aromatic N) is 3. The first kappa shape index (κ1) is 38.0. The number of anilines is 1. The normalized spacial score (nSPS) is 25.5. The molecular formula is C40H30Cl2F3N5O7. The van der Waals surface area contributed by atoms with Gasteiger partial charge in [-0.3, -0.25) is 24.6 Å². The number of primary amides is 1. The number of halogens is 5. The van der Waals surface area contributed by atoms with E-state index < -0.39 is 87.2 Å². The number of phenols is 1. The number of carbonyl (C=O) groups excluding carboxylic acids is 5. The predicted octanol–water partition coefficient (Wildman–Crippen LogP) is 6.76. The SMILES string of the molecule is NC(=O)N1C(=O)[C@H]2[C@H](CC=C3[C@H]2C[C@H]2C(=O)N(Nc4ncc(C(F)(F)F)cc4Cl)C(=O)[C@@]2(c2ccc(Cl)cc2)[C@H]3c2ccc(OCc3ccccc3)cc2O)C1=O. The van der Waals surface area contributed by atoms with Crippen LogP contribution in [-0.4, -0.2) is 49.7 Å². The van der Waals surface area contributed by atoms with Crippen LogP contribution in [0.15, 0.2) is 96.7 Å². The third kappa shape index (κ3) is 6.07. The largest absolute Gasteiger partial charge is 0.508 e. The molecule has 4 aliphatic rings. The Morgan fingerprint density at radius 2 is 1.68 bits per heavy atom. The molecule has 12 nitrogen and oxygen atoms in total. The summed E-state index contributed by atoms with van der Waals surface area (Å²) in [4.78, 5) is 73.9. The molecule has 6 atom stereocenters. The van der Waals surface area contributed by atoms with Gasteiger partial charge in [0.15, 0.2) is 5.82 Å². The molecule has 3 fully saturated rings. The molecular weight excluding hydrogens is 790 g/mol. The molecule has 1 aromatic heterocycles. The van der Waals surface area contributed by atoms with E-state index in [9.17, 15) is 37.5 Å². The lowest BCUT2D eigenvalue weighted by Crippen LogP contribution is -2.53. The van der Waals surface area contributed by atoms with Gasteiger partial charge < -0.3 is 15.6 Å². The maximum absolute atomic E-state index is 15.3. The molecule has 2 aliphatic carbocycles. The van der Waals surface area contributed by atoms with Gasteiger partial charge in [0.25, 0.3) is 11.8 Å². The van der Waals surface area contributed by atoms with Crippen LogP contribution in [0.4, 0.5) is 23.8 Å². The number of phenolic OH excluding ortho intramolecular Hbond substituents is 1. The first-order chi connectivity index (χ1) is 27.1. The number of allylic oxidation sites excluding steroid dienone is 2. The van der Waals surface area contributed by atoms with Crippen molar-refractivity contribution in [1.82, 2.24) is 14.9 Å². The molecule has 4 aromatic rings. The van der Waals surface area contributed by atoms with Crippen molar-refractivity contribution >= 4 is 58.7 Å². The summed E-state index contributed by atoms with van der Waals surface area (Å²) in [5.74, 6) is -9.47. The van der Waals surface area contributed by atoms with Crippen molar-refractivity contribution < 1.29 is 47.0 Å². The van der Waals surface area contributed by atoms with Crippen LogP contribution in [0, 0.1) is 23.7 Å². The van der Waals surface area contributed by atoms with Crippen molar-refractivity contribution in [2.75, 3.05) is 5.43 Å². The van der Waals surface area contributed by atoms with Crippen LogP contribution in [-0.2, 0) is 37.4 Å². The Morgan fingerprint density at radius 1 is 0.965 bits per heavy atom. The van der Waals surface area contributed by atoms with Crippen LogP contribution in [0.3, 0.4) is 0 Å². The summed E-state index contributed by atoms with van der Waals surface area (Å²) in [7, 11) is 0. The molecule has 6 amide bonds. The molecule has 1 saturated carbocycles. The molecule has 3 aromatic carbocycles. The number of nitrogens with one attached hydrogen (secondary N) is 1. The zero-order valence-electron chi connectivity index (χ0n) is 29.4. The van der Waals surface area contributed by atoms with Crippen molar-refractivity contribution in [2.45, 2.75) is 37.0 Å². The Labute approximate surface area is 332 Å². The molecule has 2 saturated heterocycles. The number of pyridine rings is 1. The van der Waals surface area contributed by atoms with Crippen molar-refractivity contribution in [3.05, 3.63) is 129 Å². The standard InChI is InChI=1S/C40H30Cl2F3N5O7/c41-22-8-6-20(7-9-22)39-28(35(53)50(37(39)55)48-33-29(42)14-21(17-47-33)40(43,44)45)16-27-24(12-13-26-31(27)36(54)49(34(26)52)38(46)56)32(39)25-11-10-23(15-30(25)51)57-18-19-4-2-1-3-5-19/h1-12,14-15,17,26-28,31-32,51H,13,16,18H2,(H2,46,56)(H,47,48)/t26-,27+,28-,31-,32+,39+/m0/s1. The number of carbonyl (C=O) groups is 5. The fourth-order valence-electron chi connectivity index (χ4n) is 8.94. The number of benzene rings is 3. The molecule has 0 radical (unpaired) electrons. The van der Waals surface area contributed by atoms with Crippen molar-refractivity contribution in [2.24, 2.45) is 29.4 Å². The van der Waals surface area contributed by atoms with Crippen LogP contribution >= 0.6 is 23.2 Å². The van der Waals surface area contributed by atoms with E-state index in [4.69, 9.17) is 33.7 Å². The van der Waals surface area contributed by atoms with Gasteiger partial charge in [-0.05, 0) is 54.2 Å². The number of hydrazine groups is 1. The van der Waals surface area contributed by atoms with Gasteiger partial charge in [-0.15, -0.1) is 0 Å². The molecule has 8 rings (SSSR count). The third-order valence-electron chi connectivity index (χ3n) is 11.3. The molecule has 0 spiro atoms. The smallest absolute Gasteiger partial charge is 0.417 e. The highest BCUT2D eigenvalue weighted by Crippen LogP contribution is 2.65. The second-order valence-electron chi connectivity index (χ2n) is 14.3. The molecule has 57 heavy (non-hydrogen) atoms. The number of aromatic nitrogens is 1. The van der Waals surface area contributed by atoms with Gasteiger partial charge in [-0.25, -0.2) is 9.78 Å². The summed E-state index contributed by atoms with van der Waals surface area (Å²) >= 11 is 12.5. The van der Waals surface area contributed by atoms with Gasteiger partial charge in [0.1, 0.15) is 18.1 Å². The second kappa shape index (κ2) is 13.9. The highest BCUT2D eigenvalue weighted by molar-refractivity contribution is 6.33. The van der Waals surface area contributed by atoms with E-state index in [0.717, 1.165) is 5.56 Å². The monoisotopic (exact) mass is 819 g/mol. The van der Waals surface area contributed by atoms with Gasteiger partial charge >= 0.3 is 12.2 Å². The summed E-state index contributed by atoms with van der Waals surface area (Å²) < 4.78 is 46.4. The topological polar surface area (TPSA) is 172 Å². The number of urea groups is 1. The molecule has 0 bridgehead atoms. The molecule has 2 aliphatic heterocycles. The number of alkyl halides is 3. The van der Waals surface area contributed by atoms with E-state index in [1.165, 1.54) is 18.2 Å². The summed E-state index contributed by atoms with van der Waals surface area (Å²) in [5, 5.41) is 12.3. The predicted molar refractivity (Wildman–Crippen MR) is 197 cm³/mol. The number of hydrogen-bond acceptors (Lipinski definition) is 9. The van der Waals surface area contributed by atoms with Gasteiger partial charge in [0, 0.05) is 28.8 Å². The lowest BCUT2D eigenvalue weighted by molar-refractivity contribution is -0.140. The Kier molecular flexibility index (Phi) is 9.27. The van der Waals surface area contributed by atoms with Crippen molar-refractivity contribution in [1.29, 1.82) is 0 Å². The zero-order valence-corrected chi connectivity index (χ0v) is 30.9.